The summed E-state index contributed by atoms with van der Waals surface area (Å²) in [4.78, 5) is 2.14. The van der Waals surface area contributed by atoms with Crippen molar-refractivity contribution >= 4 is 18.2 Å². The predicted octanol–water partition coefficient (Wildman–Crippen LogP) is 4.85. The van der Waals surface area contributed by atoms with Gasteiger partial charge in [-0.25, -0.2) is 0 Å². The van der Waals surface area contributed by atoms with Crippen LogP contribution >= 0.6 is 12.4 Å². The van der Waals surface area contributed by atoms with Crippen LogP contribution in [-0.2, 0) is 5.41 Å². The third-order valence-corrected chi connectivity index (χ3v) is 3.40. The summed E-state index contributed by atoms with van der Waals surface area (Å²) in [5, 5.41) is 8.40. The zero-order chi connectivity index (χ0) is 14.8. The quantitative estimate of drug-likeness (QED) is 0.626. The van der Waals surface area contributed by atoms with Crippen LogP contribution in [0.25, 0.3) is 0 Å². The summed E-state index contributed by atoms with van der Waals surface area (Å²) in [6.07, 6.45) is 0. The predicted molar refractivity (Wildman–Crippen MR) is 91.3 cm³/mol. The highest BCUT2D eigenvalue weighted by Gasteiger charge is 2.19. The van der Waals surface area contributed by atoms with E-state index < -0.39 is 0 Å². The maximum Gasteiger partial charge on any atom is 0.128 e. The van der Waals surface area contributed by atoms with Crippen LogP contribution in [0.1, 0.15) is 59.6 Å². The molecule has 20 heavy (non-hydrogen) atoms. The van der Waals surface area contributed by atoms with Gasteiger partial charge in [0.05, 0.1) is 0 Å². The lowest BCUT2D eigenvalue weighted by Gasteiger charge is -2.33. The summed E-state index contributed by atoms with van der Waals surface area (Å²) in [6.45, 7) is 15.2. The SMILES string of the molecule is CC(C)N(C(=N)c1ccc(C(C)(C)C)cc1)C(C)C.Cl. The Kier molecular flexibility index (Phi) is 6.76. The average molecular weight is 297 g/mol. The van der Waals surface area contributed by atoms with E-state index in [-0.39, 0.29) is 17.8 Å². The number of benzene rings is 1. The van der Waals surface area contributed by atoms with Gasteiger partial charge >= 0.3 is 0 Å². The highest BCUT2D eigenvalue weighted by Crippen LogP contribution is 2.23. The molecule has 0 aromatic heterocycles. The van der Waals surface area contributed by atoms with Crippen molar-refractivity contribution in [3.63, 3.8) is 0 Å². The number of rotatable bonds is 3. The van der Waals surface area contributed by atoms with E-state index in [1.54, 1.807) is 0 Å². The van der Waals surface area contributed by atoms with Gasteiger partial charge in [-0.1, -0.05) is 45.0 Å². The number of hydrogen-bond acceptors (Lipinski definition) is 1. The molecule has 0 heterocycles. The van der Waals surface area contributed by atoms with E-state index in [1.807, 2.05) is 0 Å². The third-order valence-electron chi connectivity index (χ3n) is 3.40. The molecule has 1 aromatic carbocycles. The molecule has 114 valence electrons. The molecule has 1 N–H and O–H groups in total. The molecule has 2 nitrogen and oxygen atoms in total. The normalized spacial score (nSPS) is 11.4. The van der Waals surface area contributed by atoms with Gasteiger partial charge in [0.1, 0.15) is 5.84 Å². The van der Waals surface area contributed by atoms with Crippen LogP contribution in [0.4, 0.5) is 0 Å². The van der Waals surface area contributed by atoms with Gasteiger partial charge in [-0.3, -0.25) is 5.41 Å². The minimum atomic E-state index is 0. The summed E-state index contributed by atoms with van der Waals surface area (Å²) in [6, 6.07) is 9.11. The van der Waals surface area contributed by atoms with Crippen molar-refractivity contribution in [2.24, 2.45) is 0 Å². The number of nitrogens with zero attached hydrogens (tertiary/aromatic N) is 1. The zero-order valence-electron chi connectivity index (χ0n) is 13.8. The molecule has 1 rings (SSSR count). The first kappa shape index (κ1) is 19.0. The molecule has 0 saturated heterocycles. The molecule has 0 atom stereocenters. The average Bonchev–Trinajstić information content (AvgIpc) is 2.27. The minimum Gasteiger partial charge on any atom is -0.352 e. The molecular formula is C17H29ClN2. The van der Waals surface area contributed by atoms with Gasteiger partial charge in [-0.05, 0) is 38.7 Å². The van der Waals surface area contributed by atoms with Crippen molar-refractivity contribution in [1.82, 2.24) is 4.90 Å². The molecule has 0 spiro atoms. The van der Waals surface area contributed by atoms with Crippen LogP contribution in [0, 0.1) is 5.41 Å². The molecule has 0 aliphatic heterocycles. The van der Waals surface area contributed by atoms with E-state index >= 15 is 0 Å². The first-order valence-electron chi connectivity index (χ1n) is 7.12. The van der Waals surface area contributed by atoms with E-state index in [0.717, 1.165) is 5.56 Å². The van der Waals surface area contributed by atoms with Crippen molar-refractivity contribution in [2.75, 3.05) is 0 Å². The molecule has 0 unspecified atom stereocenters. The molecule has 0 fully saturated rings. The Labute approximate surface area is 130 Å². The van der Waals surface area contributed by atoms with E-state index in [0.29, 0.717) is 17.9 Å². The monoisotopic (exact) mass is 296 g/mol. The molecule has 0 bridgehead atoms. The van der Waals surface area contributed by atoms with Crippen molar-refractivity contribution in [1.29, 1.82) is 5.41 Å². The Morgan fingerprint density at radius 3 is 1.65 bits per heavy atom. The van der Waals surface area contributed by atoms with E-state index in [4.69, 9.17) is 5.41 Å². The molecule has 3 heteroatoms. The van der Waals surface area contributed by atoms with Crippen LogP contribution in [0.15, 0.2) is 24.3 Å². The van der Waals surface area contributed by atoms with Crippen molar-refractivity contribution in [3.05, 3.63) is 35.4 Å². The lowest BCUT2D eigenvalue weighted by atomic mass is 9.86. The summed E-state index contributed by atoms with van der Waals surface area (Å²) in [7, 11) is 0. The second-order valence-electron chi connectivity index (χ2n) is 6.77. The van der Waals surface area contributed by atoms with Gasteiger partial charge in [-0.15, -0.1) is 12.4 Å². The Hall–Kier alpha value is -1.02. The first-order chi connectivity index (χ1) is 8.64. The zero-order valence-corrected chi connectivity index (χ0v) is 14.6. The molecule has 0 amide bonds. The van der Waals surface area contributed by atoms with E-state index in [9.17, 15) is 0 Å². The highest BCUT2D eigenvalue weighted by atomic mass is 35.5. The van der Waals surface area contributed by atoms with Crippen LogP contribution in [0.2, 0.25) is 0 Å². The fraction of sp³-hybridized carbons (Fsp3) is 0.588. The van der Waals surface area contributed by atoms with Crippen LogP contribution in [-0.4, -0.2) is 22.8 Å². The molecule has 1 aromatic rings. The Bertz CT molecular complexity index is 419. The lowest BCUT2D eigenvalue weighted by molar-refractivity contribution is 0.291. The van der Waals surface area contributed by atoms with E-state index in [1.165, 1.54) is 5.56 Å². The Morgan fingerprint density at radius 2 is 1.35 bits per heavy atom. The third kappa shape index (κ3) is 4.52. The number of hydrogen-bond donors (Lipinski definition) is 1. The van der Waals surface area contributed by atoms with Crippen molar-refractivity contribution in [2.45, 2.75) is 66.0 Å². The van der Waals surface area contributed by atoms with Gasteiger partial charge in [0.25, 0.3) is 0 Å². The standard InChI is InChI=1S/C17H28N2.ClH/c1-12(2)19(13(3)4)16(18)14-8-10-15(11-9-14)17(5,6)7;/h8-13,18H,1-7H3;1H. The largest absolute Gasteiger partial charge is 0.352 e. The fourth-order valence-corrected chi connectivity index (χ4v) is 2.39. The highest BCUT2D eigenvalue weighted by molar-refractivity contribution is 5.96. The fourth-order valence-electron chi connectivity index (χ4n) is 2.39. The maximum atomic E-state index is 8.40. The van der Waals surface area contributed by atoms with Gasteiger partial charge in [0, 0.05) is 17.6 Å². The summed E-state index contributed by atoms with van der Waals surface area (Å²) < 4.78 is 0. The molecular weight excluding hydrogens is 268 g/mol. The first-order valence-corrected chi connectivity index (χ1v) is 7.12. The minimum absolute atomic E-state index is 0. The topological polar surface area (TPSA) is 27.1 Å². The smallest absolute Gasteiger partial charge is 0.128 e. The summed E-state index contributed by atoms with van der Waals surface area (Å²) in [5.41, 5.74) is 2.47. The van der Waals surface area contributed by atoms with Gasteiger partial charge in [0.2, 0.25) is 0 Å². The summed E-state index contributed by atoms with van der Waals surface area (Å²) in [5.74, 6) is 0.616. The summed E-state index contributed by atoms with van der Waals surface area (Å²) >= 11 is 0. The lowest BCUT2D eigenvalue weighted by Crippen LogP contribution is -2.42. The Morgan fingerprint density at radius 1 is 0.950 bits per heavy atom. The number of halogens is 1. The van der Waals surface area contributed by atoms with Gasteiger partial charge in [-0.2, -0.15) is 0 Å². The number of amidine groups is 1. The number of nitrogens with one attached hydrogen (secondary N) is 1. The van der Waals surface area contributed by atoms with Crippen LogP contribution in [0.3, 0.4) is 0 Å². The van der Waals surface area contributed by atoms with Crippen LogP contribution < -0.4 is 0 Å². The Balaban J connectivity index is 0.00000361. The van der Waals surface area contributed by atoms with Crippen molar-refractivity contribution in [3.8, 4) is 0 Å². The van der Waals surface area contributed by atoms with Crippen molar-refractivity contribution < 1.29 is 0 Å². The van der Waals surface area contributed by atoms with Gasteiger partial charge < -0.3 is 4.90 Å². The molecule has 0 saturated carbocycles. The van der Waals surface area contributed by atoms with Gasteiger partial charge in [0.15, 0.2) is 0 Å². The molecule has 0 radical (unpaired) electrons. The second-order valence-corrected chi connectivity index (χ2v) is 6.77. The van der Waals surface area contributed by atoms with E-state index in [2.05, 4.69) is 77.6 Å². The molecule has 0 aliphatic carbocycles. The van der Waals surface area contributed by atoms with Crippen LogP contribution in [0.5, 0.6) is 0 Å². The maximum absolute atomic E-state index is 8.40. The second kappa shape index (κ2) is 7.12. The molecule has 0 aliphatic rings.